The molecular weight excluding hydrogens is 416 g/mol. The van der Waals surface area contributed by atoms with Gasteiger partial charge in [-0.2, -0.15) is 0 Å². The monoisotopic (exact) mass is 442 g/mol. The molecule has 166 valence electrons. The quantitative estimate of drug-likeness (QED) is 0.212. The van der Waals surface area contributed by atoms with Crippen molar-refractivity contribution < 1.29 is 10.2 Å². The van der Waals surface area contributed by atoms with Crippen LogP contribution in [0.25, 0.3) is 0 Å². The third-order valence-corrected chi connectivity index (χ3v) is 6.33. The highest BCUT2D eigenvalue weighted by molar-refractivity contribution is 5.57. The molecule has 0 saturated carbocycles. The first-order valence-electron chi connectivity index (χ1n) is 11.5. The second-order valence-electron chi connectivity index (χ2n) is 8.48. The van der Waals surface area contributed by atoms with Gasteiger partial charge >= 0.3 is 0 Å². The first kappa shape index (κ1) is 21.5. The van der Waals surface area contributed by atoms with Gasteiger partial charge in [-0.3, -0.25) is 0 Å². The van der Waals surface area contributed by atoms with Gasteiger partial charge in [0, 0.05) is 23.0 Å². The molecule has 0 saturated heterocycles. The lowest BCUT2D eigenvalue weighted by atomic mass is 9.80. The Labute approximate surface area is 200 Å². The molecule has 2 nitrogen and oxygen atoms in total. The molecule has 2 N–H and O–H groups in total. The summed E-state index contributed by atoms with van der Waals surface area (Å²) in [5, 5.41) is 22.7. The van der Waals surface area contributed by atoms with Gasteiger partial charge in [-0.25, -0.2) is 0 Å². The van der Waals surface area contributed by atoms with E-state index in [4.69, 9.17) is 0 Å². The van der Waals surface area contributed by atoms with Crippen LogP contribution in [-0.4, -0.2) is 10.2 Å². The molecular formula is C32H26O2. The van der Waals surface area contributed by atoms with Crippen molar-refractivity contribution in [2.75, 3.05) is 0 Å². The van der Waals surface area contributed by atoms with Gasteiger partial charge in [0.1, 0.15) is 11.5 Å². The highest BCUT2D eigenvalue weighted by atomic mass is 16.3. The van der Waals surface area contributed by atoms with Crippen LogP contribution in [0.2, 0.25) is 0 Å². The zero-order valence-electron chi connectivity index (χ0n) is 18.8. The lowest BCUT2D eigenvalue weighted by molar-refractivity contribution is 0.447. The van der Waals surface area contributed by atoms with Crippen LogP contribution in [0.4, 0.5) is 0 Å². The van der Waals surface area contributed by atoms with Crippen LogP contribution in [0.1, 0.15) is 45.2 Å². The molecule has 0 aliphatic carbocycles. The van der Waals surface area contributed by atoms with Gasteiger partial charge in [-0.1, -0.05) is 121 Å². The molecule has 2 heteroatoms. The Hall–Kier alpha value is -4.30. The Morgan fingerprint density at radius 1 is 0.353 bits per heavy atom. The number of benzene rings is 5. The second kappa shape index (κ2) is 9.68. The molecule has 0 aliphatic heterocycles. The molecule has 0 bridgehead atoms. The smallest absolute Gasteiger partial charge is 0.120 e. The highest BCUT2D eigenvalue weighted by Gasteiger charge is 2.25. The van der Waals surface area contributed by atoms with Crippen molar-refractivity contribution in [3.63, 3.8) is 0 Å². The number of phenols is 2. The van der Waals surface area contributed by atoms with Crippen molar-refractivity contribution in [1.29, 1.82) is 0 Å². The van der Waals surface area contributed by atoms with Crippen molar-refractivity contribution in [2.45, 2.75) is 11.8 Å². The minimum atomic E-state index is -0.200. The maximum Gasteiger partial charge on any atom is 0.120 e. The number of rotatable bonds is 6. The molecule has 0 aliphatic rings. The highest BCUT2D eigenvalue weighted by Crippen LogP contribution is 2.44. The number of aromatic hydroxyl groups is 2. The molecule has 0 fully saturated rings. The van der Waals surface area contributed by atoms with E-state index in [1.165, 1.54) is 0 Å². The fraction of sp³-hybridized carbons (Fsp3) is 0.0625. The molecule has 0 spiro atoms. The number of hydrogen-bond donors (Lipinski definition) is 2. The van der Waals surface area contributed by atoms with Crippen LogP contribution in [-0.2, 0) is 0 Å². The Balaban J connectivity index is 1.67. The number of phenolic OH excluding ortho intramolecular Hbond substituents is 2. The third-order valence-electron chi connectivity index (χ3n) is 6.33. The van der Waals surface area contributed by atoms with E-state index in [9.17, 15) is 10.2 Å². The SMILES string of the molecule is Oc1cc(C(c2ccccc2)c2ccccc2)c(O)cc1C(c1ccccc1)c1ccccc1. The standard InChI is InChI=1S/C32H26O2/c33-29-22-28(32(25-17-9-3-10-18-25)26-19-11-4-12-20-26)30(34)21-27(29)31(23-13-5-1-6-14-23)24-15-7-2-8-16-24/h1-22,31-34H. The molecule has 0 radical (unpaired) electrons. The molecule has 0 amide bonds. The molecule has 0 atom stereocenters. The summed E-state index contributed by atoms with van der Waals surface area (Å²) in [6, 6.07) is 43.8. The van der Waals surface area contributed by atoms with Gasteiger partial charge in [0.05, 0.1) is 0 Å². The van der Waals surface area contributed by atoms with Crippen LogP contribution >= 0.6 is 0 Å². The average molecular weight is 443 g/mol. The fourth-order valence-electron chi connectivity index (χ4n) is 4.76. The van der Waals surface area contributed by atoms with Gasteiger partial charge in [0.15, 0.2) is 0 Å². The van der Waals surface area contributed by atoms with Crippen LogP contribution < -0.4 is 0 Å². The van der Waals surface area contributed by atoms with E-state index in [-0.39, 0.29) is 23.3 Å². The predicted octanol–water partition coefficient (Wildman–Crippen LogP) is 7.46. The van der Waals surface area contributed by atoms with E-state index in [1.807, 2.05) is 72.8 Å². The largest absolute Gasteiger partial charge is 0.508 e. The first-order valence-corrected chi connectivity index (χ1v) is 11.5. The van der Waals surface area contributed by atoms with Gasteiger partial charge in [0.25, 0.3) is 0 Å². The van der Waals surface area contributed by atoms with Gasteiger partial charge in [-0.15, -0.1) is 0 Å². The van der Waals surface area contributed by atoms with Gasteiger partial charge in [-0.05, 0) is 34.4 Å². The van der Waals surface area contributed by atoms with Crippen molar-refractivity contribution in [3.05, 3.63) is 167 Å². The maximum atomic E-state index is 11.3. The Kier molecular flexibility index (Phi) is 6.13. The average Bonchev–Trinajstić information content (AvgIpc) is 2.90. The van der Waals surface area contributed by atoms with E-state index in [1.54, 1.807) is 12.1 Å². The molecule has 0 aromatic heterocycles. The topological polar surface area (TPSA) is 40.5 Å². The van der Waals surface area contributed by atoms with E-state index in [2.05, 4.69) is 48.5 Å². The van der Waals surface area contributed by atoms with E-state index in [0.29, 0.717) is 11.1 Å². The molecule has 5 rings (SSSR count). The molecule has 5 aromatic rings. The van der Waals surface area contributed by atoms with Crippen molar-refractivity contribution >= 4 is 0 Å². The predicted molar refractivity (Wildman–Crippen MR) is 137 cm³/mol. The second-order valence-corrected chi connectivity index (χ2v) is 8.48. The Morgan fingerprint density at radius 3 is 0.824 bits per heavy atom. The number of hydrogen-bond acceptors (Lipinski definition) is 2. The maximum absolute atomic E-state index is 11.3. The van der Waals surface area contributed by atoms with Crippen molar-refractivity contribution in [2.24, 2.45) is 0 Å². The zero-order valence-corrected chi connectivity index (χ0v) is 18.8. The molecule has 0 heterocycles. The van der Waals surface area contributed by atoms with Gasteiger partial charge < -0.3 is 10.2 Å². The van der Waals surface area contributed by atoms with E-state index in [0.717, 1.165) is 22.3 Å². The molecule has 34 heavy (non-hydrogen) atoms. The Bertz CT molecular complexity index is 1160. The van der Waals surface area contributed by atoms with Crippen molar-refractivity contribution in [3.8, 4) is 11.5 Å². The fourth-order valence-corrected chi connectivity index (χ4v) is 4.76. The van der Waals surface area contributed by atoms with E-state index >= 15 is 0 Å². The summed E-state index contributed by atoms with van der Waals surface area (Å²) in [4.78, 5) is 0. The first-order chi connectivity index (χ1) is 16.7. The lowest BCUT2D eigenvalue weighted by Gasteiger charge is -2.24. The van der Waals surface area contributed by atoms with Crippen LogP contribution in [0.5, 0.6) is 11.5 Å². The van der Waals surface area contributed by atoms with Crippen LogP contribution in [0.15, 0.2) is 133 Å². The molecule has 0 unspecified atom stereocenters. The normalized spacial score (nSPS) is 11.1. The lowest BCUT2D eigenvalue weighted by Crippen LogP contribution is -2.07. The molecule has 5 aromatic carbocycles. The summed E-state index contributed by atoms with van der Waals surface area (Å²) >= 11 is 0. The summed E-state index contributed by atoms with van der Waals surface area (Å²) in [5.74, 6) is -0.0618. The van der Waals surface area contributed by atoms with E-state index < -0.39 is 0 Å². The van der Waals surface area contributed by atoms with Crippen molar-refractivity contribution in [1.82, 2.24) is 0 Å². The summed E-state index contributed by atoms with van der Waals surface area (Å²) in [6.45, 7) is 0. The third kappa shape index (κ3) is 4.31. The Morgan fingerprint density at radius 2 is 0.588 bits per heavy atom. The summed E-state index contributed by atoms with van der Waals surface area (Å²) in [6.07, 6.45) is 0. The summed E-state index contributed by atoms with van der Waals surface area (Å²) in [5.41, 5.74) is 5.58. The summed E-state index contributed by atoms with van der Waals surface area (Å²) in [7, 11) is 0. The minimum absolute atomic E-state index is 0.169. The van der Waals surface area contributed by atoms with Crippen LogP contribution in [0.3, 0.4) is 0 Å². The van der Waals surface area contributed by atoms with Crippen LogP contribution in [0, 0.1) is 0 Å². The zero-order chi connectivity index (χ0) is 23.3. The minimum Gasteiger partial charge on any atom is -0.508 e. The summed E-state index contributed by atoms with van der Waals surface area (Å²) < 4.78 is 0. The van der Waals surface area contributed by atoms with Gasteiger partial charge in [0.2, 0.25) is 0 Å².